The van der Waals surface area contributed by atoms with Gasteiger partial charge < -0.3 is 10.8 Å². The van der Waals surface area contributed by atoms with Gasteiger partial charge >= 0.3 is 0 Å². The first-order valence-electron chi connectivity index (χ1n) is 2.67. The molecule has 0 aliphatic rings. The molecule has 0 spiro atoms. The quantitative estimate of drug-likeness (QED) is 0.580. The molecule has 0 heterocycles. The standard InChI is InChI=1S/C7H8NO/c8-5-6-1-3-7(9)4-2-6/h1-5,9H,8H2. The van der Waals surface area contributed by atoms with Gasteiger partial charge in [0.15, 0.2) is 0 Å². The first kappa shape index (κ1) is 6.11. The van der Waals surface area contributed by atoms with Crippen molar-refractivity contribution in [3.05, 3.63) is 36.4 Å². The molecular weight excluding hydrogens is 114 g/mol. The van der Waals surface area contributed by atoms with Crippen LogP contribution in [0.25, 0.3) is 0 Å². The minimum atomic E-state index is 0.264. The normalized spacial score (nSPS) is 9.44. The van der Waals surface area contributed by atoms with E-state index in [0.717, 1.165) is 5.56 Å². The minimum absolute atomic E-state index is 0.264. The number of hydrogen-bond donors (Lipinski definition) is 2. The number of hydrogen-bond acceptors (Lipinski definition) is 2. The first-order valence-corrected chi connectivity index (χ1v) is 2.67. The smallest absolute Gasteiger partial charge is 0.115 e. The number of nitrogens with two attached hydrogens (primary N) is 1. The molecular formula is C7H8NO. The molecule has 1 aromatic carbocycles. The first-order chi connectivity index (χ1) is 4.33. The molecule has 0 bridgehead atoms. The summed E-state index contributed by atoms with van der Waals surface area (Å²) in [4.78, 5) is 0. The van der Waals surface area contributed by atoms with Gasteiger partial charge in [0.2, 0.25) is 0 Å². The molecule has 1 rings (SSSR count). The lowest BCUT2D eigenvalue weighted by molar-refractivity contribution is 0.475. The summed E-state index contributed by atoms with van der Waals surface area (Å²) >= 11 is 0. The highest BCUT2D eigenvalue weighted by molar-refractivity contribution is 5.29. The van der Waals surface area contributed by atoms with Crippen LogP contribution in [0.5, 0.6) is 5.75 Å². The Labute approximate surface area is 53.9 Å². The summed E-state index contributed by atoms with van der Waals surface area (Å²) in [6.45, 7) is 1.49. The Kier molecular flexibility index (Phi) is 1.70. The Morgan fingerprint density at radius 1 is 1.22 bits per heavy atom. The fourth-order valence-electron chi connectivity index (χ4n) is 0.585. The Hall–Kier alpha value is -1.02. The van der Waals surface area contributed by atoms with E-state index in [4.69, 9.17) is 10.8 Å². The molecule has 47 valence electrons. The highest BCUT2D eigenvalue weighted by Gasteiger charge is 1.87. The second-order valence-corrected chi connectivity index (χ2v) is 1.76. The van der Waals surface area contributed by atoms with E-state index in [1.807, 2.05) is 0 Å². The van der Waals surface area contributed by atoms with Gasteiger partial charge in [-0.2, -0.15) is 0 Å². The SMILES string of the molecule is N[CH]c1ccc(O)cc1. The van der Waals surface area contributed by atoms with Crippen LogP contribution in [0.2, 0.25) is 0 Å². The summed E-state index contributed by atoms with van der Waals surface area (Å²) in [5, 5.41) is 8.80. The average molecular weight is 122 g/mol. The largest absolute Gasteiger partial charge is 0.508 e. The second kappa shape index (κ2) is 2.51. The lowest BCUT2D eigenvalue weighted by Gasteiger charge is -1.93. The van der Waals surface area contributed by atoms with Gasteiger partial charge in [0, 0.05) is 6.54 Å². The van der Waals surface area contributed by atoms with Gasteiger partial charge in [0.05, 0.1) is 0 Å². The maximum Gasteiger partial charge on any atom is 0.115 e. The van der Waals surface area contributed by atoms with Crippen LogP contribution in [0.1, 0.15) is 5.56 Å². The number of phenols is 1. The molecule has 0 aliphatic carbocycles. The molecule has 2 nitrogen and oxygen atoms in total. The second-order valence-electron chi connectivity index (χ2n) is 1.76. The van der Waals surface area contributed by atoms with E-state index in [1.165, 1.54) is 6.54 Å². The maximum absolute atomic E-state index is 8.80. The lowest BCUT2D eigenvalue weighted by Crippen LogP contribution is -1.90. The van der Waals surface area contributed by atoms with Gasteiger partial charge in [-0.25, -0.2) is 0 Å². The summed E-state index contributed by atoms with van der Waals surface area (Å²) in [7, 11) is 0. The third-order valence-corrected chi connectivity index (χ3v) is 1.09. The molecule has 1 aromatic rings. The number of aromatic hydroxyl groups is 1. The number of rotatable bonds is 1. The van der Waals surface area contributed by atoms with Crippen LogP contribution in [0, 0.1) is 6.54 Å². The topological polar surface area (TPSA) is 46.2 Å². The zero-order chi connectivity index (χ0) is 6.69. The molecule has 0 aromatic heterocycles. The fourth-order valence-corrected chi connectivity index (χ4v) is 0.585. The summed E-state index contributed by atoms with van der Waals surface area (Å²) in [6.07, 6.45) is 0. The third kappa shape index (κ3) is 1.44. The van der Waals surface area contributed by atoms with Crippen molar-refractivity contribution in [2.45, 2.75) is 0 Å². The van der Waals surface area contributed by atoms with E-state index in [2.05, 4.69) is 0 Å². The average Bonchev–Trinajstić information content (AvgIpc) is 1.90. The maximum atomic E-state index is 8.80. The van der Waals surface area contributed by atoms with Crippen molar-refractivity contribution in [3.63, 3.8) is 0 Å². The van der Waals surface area contributed by atoms with Gasteiger partial charge in [-0.05, 0) is 17.7 Å². The van der Waals surface area contributed by atoms with Crippen LogP contribution in [0.3, 0.4) is 0 Å². The van der Waals surface area contributed by atoms with Crippen molar-refractivity contribution in [1.82, 2.24) is 0 Å². The van der Waals surface area contributed by atoms with Crippen LogP contribution >= 0.6 is 0 Å². The van der Waals surface area contributed by atoms with Crippen molar-refractivity contribution in [2.24, 2.45) is 5.73 Å². The molecule has 3 N–H and O–H groups in total. The van der Waals surface area contributed by atoms with Gasteiger partial charge in [0.1, 0.15) is 5.75 Å². The monoisotopic (exact) mass is 122 g/mol. The summed E-state index contributed by atoms with van der Waals surface area (Å²) in [5.41, 5.74) is 6.10. The van der Waals surface area contributed by atoms with Gasteiger partial charge in [-0.1, -0.05) is 12.1 Å². The van der Waals surface area contributed by atoms with Crippen LogP contribution in [-0.4, -0.2) is 5.11 Å². The lowest BCUT2D eigenvalue weighted by atomic mass is 10.2. The van der Waals surface area contributed by atoms with E-state index in [0.29, 0.717) is 0 Å². The highest BCUT2D eigenvalue weighted by atomic mass is 16.3. The van der Waals surface area contributed by atoms with Crippen molar-refractivity contribution in [1.29, 1.82) is 0 Å². The van der Waals surface area contributed by atoms with Gasteiger partial charge in [-0.3, -0.25) is 0 Å². The zero-order valence-corrected chi connectivity index (χ0v) is 4.91. The molecule has 0 amide bonds. The Balaban J connectivity index is 2.88. The van der Waals surface area contributed by atoms with Crippen molar-refractivity contribution in [2.75, 3.05) is 0 Å². The van der Waals surface area contributed by atoms with E-state index < -0.39 is 0 Å². The van der Waals surface area contributed by atoms with Crippen LogP contribution in [-0.2, 0) is 0 Å². The summed E-state index contributed by atoms with van der Waals surface area (Å²) in [5.74, 6) is 0.264. The van der Waals surface area contributed by atoms with Gasteiger partial charge in [-0.15, -0.1) is 0 Å². The highest BCUT2D eigenvalue weighted by Crippen LogP contribution is 2.08. The predicted octanol–water partition coefficient (Wildman–Crippen LogP) is 0.861. The Morgan fingerprint density at radius 3 is 2.22 bits per heavy atom. The third-order valence-electron chi connectivity index (χ3n) is 1.09. The molecule has 0 fully saturated rings. The van der Waals surface area contributed by atoms with Crippen molar-refractivity contribution < 1.29 is 5.11 Å². The van der Waals surface area contributed by atoms with Crippen molar-refractivity contribution in [3.8, 4) is 5.75 Å². The van der Waals surface area contributed by atoms with E-state index in [-0.39, 0.29) is 5.75 Å². The van der Waals surface area contributed by atoms with E-state index in [1.54, 1.807) is 24.3 Å². The predicted molar refractivity (Wildman–Crippen MR) is 35.7 cm³/mol. The molecule has 0 atom stereocenters. The Bertz CT molecular complexity index is 181. The molecule has 0 aliphatic heterocycles. The molecule has 2 heteroatoms. The van der Waals surface area contributed by atoms with Crippen LogP contribution < -0.4 is 5.73 Å². The van der Waals surface area contributed by atoms with Crippen LogP contribution in [0.15, 0.2) is 24.3 Å². The zero-order valence-electron chi connectivity index (χ0n) is 4.91. The molecule has 0 unspecified atom stereocenters. The molecule has 9 heavy (non-hydrogen) atoms. The van der Waals surface area contributed by atoms with E-state index >= 15 is 0 Å². The van der Waals surface area contributed by atoms with Crippen LogP contribution in [0.4, 0.5) is 0 Å². The minimum Gasteiger partial charge on any atom is -0.508 e. The summed E-state index contributed by atoms with van der Waals surface area (Å²) < 4.78 is 0. The molecule has 0 saturated heterocycles. The fraction of sp³-hybridized carbons (Fsp3) is 0. The number of phenolic OH excluding ortho intramolecular Hbond substituents is 1. The summed E-state index contributed by atoms with van der Waals surface area (Å²) in [6, 6.07) is 6.68. The van der Waals surface area contributed by atoms with Crippen molar-refractivity contribution >= 4 is 0 Å². The van der Waals surface area contributed by atoms with E-state index in [9.17, 15) is 0 Å². The number of benzene rings is 1. The molecule has 1 radical (unpaired) electrons. The molecule has 0 saturated carbocycles. The Morgan fingerprint density at radius 2 is 1.78 bits per heavy atom. The van der Waals surface area contributed by atoms with Gasteiger partial charge in [0.25, 0.3) is 0 Å².